The summed E-state index contributed by atoms with van der Waals surface area (Å²) in [6.07, 6.45) is 0. The highest BCUT2D eigenvalue weighted by Crippen LogP contribution is 2.23. The van der Waals surface area contributed by atoms with Crippen molar-refractivity contribution in [2.24, 2.45) is 5.92 Å². The molecule has 0 fully saturated rings. The van der Waals surface area contributed by atoms with Gasteiger partial charge >= 0.3 is 0 Å². The van der Waals surface area contributed by atoms with E-state index in [4.69, 9.17) is 11.6 Å². The van der Waals surface area contributed by atoms with Crippen molar-refractivity contribution in [3.05, 3.63) is 64.7 Å². The summed E-state index contributed by atoms with van der Waals surface area (Å²) < 4.78 is 0. The normalized spacial score (nSPS) is 12.2. The zero-order valence-corrected chi connectivity index (χ0v) is 14.5. The van der Waals surface area contributed by atoms with Crippen LogP contribution in [-0.4, -0.2) is 12.5 Å². The van der Waals surface area contributed by atoms with E-state index in [2.05, 4.69) is 24.5 Å². The van der Waals surface area contributed by atoms with E-state index in [0.29, 0.717) is 10.9 Å². The Balaban J connectivity index is 1.97. The number of hydrogen-bond acceptors (Lipinski definition) is 2. The molecule has 0 aliphatic rings. The Kier molecular flexibility index (Phi) is 6.20. The Morgan fingerprint density at radius 2 is 1.74 bits per heavy atom. The zero-order chi connectivity index (χ0) is 16.8. The molecule has 1 amide bonds. The maximum Gasteiger partial charge on any atom is 0.238 e. The van der Waals surface area contributed by atoms with Gasteiger partial charge in [-0.15, -0.1) is 0 Å². The first kappa shape index (κ1) is 17.5. The summed E-state index contributed by atoms with van der Waals surface area (Å²) >= 11 is 5.94. The summed E-state index contributed by atoms with van der Waals surface area (Å²) in [7, 11) is 0. The third-order valence-corrected chi connectivity index (χ3v) is 4.05. The number of rotatable bonds is 6. The van der Waals surface area contributed by atoms with Crippen LogP contribution in [0.25, 0.3) is 0 Å². The molecular formula is C19H23ClN2O. The standard InChI is InChI=1S/C19H23ClN2O/c1-13(2)19(15-8-10-16(20)11-9-15)21-12-18(23)22-17-7-5-4-6-14(17)3/h4-11,13,19,21H,12H2,1-3H3,(H,22,23)/t19-/m1/s1. The number of benzene rings is 2. The van der Waals surface area contributed by atoms with Gasteiger partial charge in [0, 0.05) is 16.8 Å². The second kappa shape index (κ2) is 8.14. The highest BCUT2D eigenvalue weighted by molar-refractivity contribution is 6.30. The largest absolute Gasteiger partial charge is 0.325 e. The van der Waals surface area contributed by atoms with Crippen LogP contribution in [0.1, 0.15) is 31.0 Å². The lowest BCUT2D eigenvalue weighted by Gasteiger charge is -2.23. The molecular weight excluding hydrogens is 308 g/mol. The van der Waals surface area contributed by atoms with E-state index in [1.54, 1.807) is 0 Å². The predicted molar refractivity (Wildman–Crippen MR) is 96.8 cm³/mol. The molecule has 2 aromatic rings. The van der Waals surface area contributed by atoms with Crippen LogP contribution < -0.4 is 10.6 Å². The van der Waals surface area contributed by atoms with E-state index in [9.17, 15) is 4.79 Å². The minimum atomic E-state index is -0.0427. The molecule has 122 valence electrons. The van der Waals surface area contributed by atoms with Crippen molar-refractivity contribution >= 4 is 23.2 Å². The summed E-state index contributed by atoms with van der Waals surface area (Å²) in [6.45, 7) is 6.50. The van der Waals surface area contributed by atoms with Crippen molar-refractivity contribution in [3.8, 4) is 0 Å². The molecule has 0 aliphatic heterocycles. The van der Waals surface area contributed by atoms with E-state index in [1.165, 1.54) is 0 Å². The van der Waals surface area contributed by atoms with Crippen LogP contribution >= 0.6 is 11.6 Å². The topological polar surface area (TPSA) is 41.1 Å². The van der Waals surface area contributed by atoms with Gasteiger partial charge in [-0.25, -0.2) is 0 Å². The van der Waals surface area contributed by atoms with Crippen molar-refractivity contribution in [1.29, 1.82) is 0 Å². The third-order valence-electron chi connectivity index (χ3n) is 3.80. The number of para-hydroxylation sites is 1. The Hall–Kier alpha value is -1.84. The molecule has 0 spiro atoms. The van der Waals surface area contributed by atoms with Gasteiger partial charge in [0.05, 0.1) is 6.54 Å². The molecule has 23 heavy (non-hydrogen) atoms. The quantitative estimate of drug-likeness (QED) is 0.814. The summed E-state index contributed by atoms with van der Waals surface area (Å²) in [6, 6.07) is 15.6. The molecule has 2 aromatic carbocycles. The van der Waals surface area contributed by atoms with Crippen molar-refractivity contribution < 1.29 is 4.79 Å². The van der Waals surface area contributed by atoms with Gasteiger partial charge in [0.1, 0.15) is 0 Å². The van der Waals surface area contributed by atoms with Crippen molar-refractivity contribution in [2.75, 3.05) is 11.9 Å². The Morgan fingerprint density at radius 3 is 2.35 bits per heavy atom. The van der Waals surface area contributed by atoms with Crippen molar-refractivity contribution in [1.82, 2.24) is 5.32 Å². The Labute approximate surface area is 143 Å². The van der Waals surface area contributed by atoms with Gasteiger partial charge in [-0.3, -0.25) is 4.79 Å². The molecule has 3 nitrogen and oxygen atoms in total. The summed E-state index contributed by atoms with van der Waals surface area (Å²) in [5, 5.41) is 7.00. The molecule has 0 aliphatic carbocycles. The number of hydrogen-bond donors (Lipinski definition) is 2. The molecule has 0 bridgehead atoms. The van der Waals surface area contributed by atoms with Crippen molar-refractivity contribution in [3.63, 3.8) is 0 Å². The number of aryl methyl sites for hydroxylation is 1. The van der Waals surface area contributed by atoms with E-state index < -0.39 is 0 Å². The third kappa shape index (κ3) is 5.08. The minimum absolute atomic E-state index is 0.0427. The first-order valence-electron chi connectivity index (χ1n) is 7.81. The van der Waals surface area contributed by atoms with Gasteiger partial charge in [0.25, 0.3) is 0 Å². The molecule has 2 rings (SSSR count). The first-order valence-corrected chi connectivity index (χ1v) is 8.19. The lowest BCUT2D eigenvalue weighted by Crippen LogP contribution is -2.33. The van der Waals surface area contributed by atoms with E-state index >= 15 is 0 Å². The van der Waals surface area contributed by atoms with E-state index in [0.717, 1.165) is 16.8 Å². The number of amides is 1. The maximum absolute atomic E-state index is 12.2. The van der Waals surface area contributed by atoms with Gasteiger partial charge in [-0.05, 0) is 42.2 Å². The Bertz CT molecular complexity index is 653. The number of carbonyl (C=O) groups is 1. The predicted octanol–water partition coefficient (Wildman–Crippen LogP) is 4.57. The first-order chi connectivity index (χ1) is 11.0. The number of nitrogens with one attached hydrogen (secondary N) is 2. The summed E-state index contributed by atoms with van der Waals surface area (Å²) in [5.74, 6) is 0.321. The molecule has 0 saturated carbocycles. The Morgan fingerprint density at radius 1 is 1.09 bits per heavy atom. The average molecular weight is 331 g/mol. The van der Waals surface area contributed by atoms with Gasteiger partial charge in [0.2, 0.25) is 5.91 Å². The van der Waals surface area contributed by atoms with E-state index in [-0.39, 0.29) is 18.5 Å². The molecule has 0 heterocycles. The van der Waals surface area contributed by atoms with Gasteiger partial charge in [-0.2, -0.15) is 0 Å². The highest BCUT2D eigenvalue weighted by Gasteiger charge is 2.16. The second-order valence-corrected chi connectivity index (χ2v) is 6.45. The van der Waals surface area contributed by atoms with Gasteiger partial charge < -0.3 is 10.6 Å². The lowest BCUT2D eigenvalue weighted by molar-refractivity contribution is -0.115. The molecule has 0 unspecified atom stereocenters. The monoisotopic (exact) mass is 330 g/mol. The molecule has 0 aromatic heterocycles. The fraction of sp³-hybridized carbons (Fsp3) is 0.316. The van der Waals surface area contributed by atoms with Crippen molar-refractivity contribution in [2.45, 2.75) is 26.8 Å². The second-order valence-electron chi connectivity index (χ2n) is 6.02. The zero-order valence-electron chi connectivity index (χ0n) is 13.8. The molecule has 1 atom stereocenters. The van der Waals surface area contributed by atoms with Crippen LogP contribution in [0.3, 0.4) is 0 Å². The highest BCUT2D eigenvalue weighted by atomic mass is 35.5. The average Bonchev–Trinajstić information content (AvgIpc) is 2.51. The van der Waals surface area contributed by atoms with Crippen LogP contribution in [0.4, 0.5) is 5.69 Å². The SMILES string of the molecule is Cc1ccccc1NC(=O)CN[C@@H](c1ccc(Cl)cc1)C(C)C. The lowest BCUT2D eigenvalue weighted by atomic mass is 9.96. The molecule has 2 N–H and O–H groups in total. The molecule has 0 radical (unpaired) electrons. The molecule has 4 heteroatoms. The van der Waals surface area contributed by atoms with Gasteiger partial charge in [-0.1, -0.05) is 55.8 Å². The van der Waals surface area contributed by atoms with Crippen LogP contribution in [0.15, 0.2) is 48.5 Å². The number of carbonyl (C=O) groups excluding carboxylic acids is 1. The summed E-state index contributed by atoms with van der Waals surface area (Å²) in [4.78, 5) is 12.2. The number of anilines is 1. The van der Waals surface area contributed by atoms with E-state index in [1.807, 2.05) is 55.5 Å². The maximum atomic E-state index is 12.2. The molecule has 0 saturated heterocycles. The van der Waals surface area contributed by atoms with Crippen LogP contribution in [0, 0.1) is 12.8 Å². The van der Waals surface area contributed by atoms with Crippen LogP contribution in [-0.2, 0) is 4.79 Å². The number of halogens is 1. The fourth-order valence-corrected chi connectivity index (χ4v) is 2.64. The van der Waals surface area contributed by atoms with Gasteiger partial charge in [0.15, 0.2) is 0 Å². The minimum Gasteiger partial charge on any atom is -0.325 e. The van der Waals surface area contributed by atoms with Crippen LogP contribution in [0.2, 0.25) is 5.02 Å². The summed E-state index contributed by atoms with van der Waals surface area (Å²) in [5.41, 5.74) is 3.04. The van der Waals surface area contributed by atoms with Crippen LogP contribution in [0.5, 0.6) is 0 Å². The smallest absolute Gasteiger partial charge is 0.238 e. The fourth-order valence-electron chi connectivity index (χ4n) is 2.52.